The van der Waals surface area contributed by atoms with Crippen LogP contribution in [0.5, 0.6) is 0 Å². The lowest BCUT2D eigenvalue weighted by atomic mass is 10.2. The van der Waals surface area contributed by atoms with Crippen molar-refractivity contribution in [2.24, 2.45) is 0 Å². The molecule has 0 saturated heterocycles. The first-order chi connectivity index (χ1) is 7.04. The van der Waals surface area contributed by atoms with Gasteiger partial charge in [0.15, 0.2) is 5.37 Å². The molecule has 0 fully saturated rings. The summed E-state index contributed by atoms with van der Waals surface area (Å²) in [7, 11) is 1.62. The lowest BCUT2D eigenvalue weighted by Crippen LogP contribution is -2.30. The number of aryl methyl sites for hydroxylation is 1. The highest BCUT2D eigenvalue weighted by Gasteiger charge is 2.16. The number of rotatable bonds is 4. The van der Waals surface area contributed by atoms with Gasteiger partial charge in [-0.05, 0) is 37.7 Å². The number of thioether (sulfide) groups is 1. The van der Waals surface area contributed by atoms with Gasteiger partial charge in [0, 0.05) is 9.92 Å². The zero-order valence-electron chi connectivity index (χ0n) is 8.45. The Hall–Kier alpha value is -0.710. The van der Waals surface area contributed by atoms with E-state index in [4.69, 9.17) is 16.7 Å². The lowest BCUT2D eigenvalue weighted by Gasteiger charge is -2.11. The number of halogens is 1. The summed E-state index contributed by atoms with van der Waals surface area (Å²) < 4.78 is 0. The Morgan fingerprint density at radius 3 is 2.73 bits per heavy atom. The Morgan fingerprint density at radius 1 is 1.60 bits per heavy atom. The third kappa shape index (κ3) is 3.41. The third-order valence-corrected chi connectivity index (χ3v) is 3.49. The number of carbonyl (C=O) groups is 1. The monoisotopic (exact) mass is 245 g/mol. The molecule has 0 aliphatic heterocycles. The molecule has 0 amide bonds. The Balaban J connectivity index is 2.80. The summed E-state index contributed by atoms with van der Waals surface area (Å²) in [6.07, 6.45) is 0. The molecule has 0 spiro atoms. The molecule has 5 heteroatoms. The van der Waals surface area contributed by atoms with E-state index in [1.807, 2.05) is 19.1 Å². The van der Waals surface area contributed by atoms with Crippen LogP contribution in [-0.4, -0.2) is 23.5 Å². The lowest BCUT2D eigenvalue weighted by molar-refractivity contribution is -0.136. The molecule has 0 heterocycles. The molecule has 0 aromatic heterocycles. The van der Waals surface area contributed by atoms with Crippen LogP contribution in [0.2, 0.25) is 5.02 Å². The molecule has 82 valence electrons. The number of hydrogen-bond acceptors (Lipinski definition) is 3. The minimum Gasteiger partial charge on any atom is -0.479 e. The molecule has 3 nitrogen and oxygen atoms in total. The Labute approximate surface area is 97.8 Å². The Morgan fingerprint density at radius 2 is 2.27 bits per heavy atom. The summed E-state index contributed by atoms with van der Waals surface area (Å²) in [6, 6.07) is 5.46. The molecule has 0 aliphatic carbocycles. The second-order valence-electron chi connectivity index (χ2n) is 3.04. The number of likely N-dealkylation sites (N-methyl/N-ethyl adjacent to an activating group) is 1. The average Bonchev–Trinajstić information content (AvgIpc) is 2.19. The summed E-state index contributed by atoms with van der Waals surface area (Å²) in [5, 5.41) is 11.6. The normalized spacial score (nSPS) is 12.5. The first-order valence-electron chi connectivity index (χ1n) is 4.37. The highest BCUT2D eigenvalue weighted by molar-refractivity contribution is 8.00. The van der Waals surface area contributed by atoms with E-state index in [-0.39, 0.29) is 0 Å². The van der Waals surface area contributed by atoms with Gasteiger partial charge in [-0.3, -0.25) is 5.32 Å². The van der Waals surface area contributed by atoms with E-state index in [0.717, 1.165) is 10.5 Å². The molecule has 1 unspecified atom stereocenters. The van der Waals surface area contributed by atoms with Crippen LogP contribution in [0.3, 0.4) is 0 Å². The van der Waals surface area contributed by atoms with Crippen LogP contribution in [0, 0.1) is 6.92 Å². The van der Waals surface area contributed by atoms with Gasteiger partial charge in [0.2, 0.25) is 0 Å². The topological polar surface area (TPSA) is 49.3 Å². The predicted molar refractivity (Wildman–Crippen MR) is 62.5 cm³/mol. The fourth-order valence-electron chi connectivity index (χ4n) is 1.06. The molecule has 1 aromatic rings. The summed E-state index contributed by atoms with van der Waals surface area (Å²) in [5.74, 6) is -0.880. The van der Waals surface area contributed by atoms with E-state index in [1.165, 1.54) is 11.8 Å². The minimum atomic E-state index is -0.880. The SMILES string of the molecule is CNC(Sc1ccc(Cl)c(C)c1)C(=O)O. The number of hydrogen-bond donors (Lipinski definition) is 2. The molecule has 1 rings (SSSR count). The molecular weight excluding hydrogens is 234 g/mol. The molecule has 0 aliphatic rings. The van der Waals surface area contributed by atoms with Crippen molar-refractivity contribution in [1.82, 2.24) is 5.32 Å². The molecule has 1 aromatic carbocycles. The average molecular weight is 246 g/mol. The summed E-state index contributed by atoms with van der Waals surface area (Å²) in [6.45, 7) is 1.89. The molecule has 15 heavy (non-hydrogen) atoms. The molecule has 2 N–H and O–H groups in total. The first-order valence-corrected chi connectivity index (χ1v) is 5.63. The second kappa shape index (κ2) is 5.39. The Kier molecular flexibility index (Phi) is 4.45. The number of carboxylic acids is 1. The number of carboxylic acid groups (broad SMARTS) is 1. The van der Waals surface area contributed by atoms with Crippen molar-refractivity contribution in [3.8, 4) is 0 Å². The van der Waals surface area contributed by atoms with Gasteiger partial charge in [0.25, 0.3) is 0 Å². The van der Waals surface area contributed by atoms with Crippen LogP contribution in [-0.2, 0) is 4.79 Å². The molecule has 0 bridgehead atoms. The van der Waals surface area contributed by atoms with E-state index < -0.39 is 11.3 Å². The standard InChI is InChI=1S/C10H12ClNO2S/c1-6-5-7(3-4-8(6)11)15-9(12-2)10(13)14/h3-5,9,12H,1-2H3,(H,13,14). The van der Waals surface area contributed by atoms with Crippen molar-refractivity contribution in [2.45, 2.75) is 17.2 Å². The van der Waals surface area contributed by atoms with Crippen LogP contribution in [0.1, 0.15) is 5.56 Å². The van der Waals surface area contributed by atoms with Crippen LogP contribution in [0.25, 0.3) is 0 Å². The zero-order valence-corrected chi connectivity index (χ0v) is 10.0. The van der Waals surface area contributed by atoms with Crippen molar-refractivity contribution in [3.63, 3.8) is 0 Å². The van der Waals surface area contributed by atoms with Gasteiger partial charge in [-0.25, -0.2) is 4.79 Å². The Bertz CT molecular complexity index is 370. The van der Waals surface area contributed by atoms with Gasteiger partial charge in [-0.15, -0.1) is 0 Å². The third-order valence-electron chi connectivity index (χ3n) is 1.87. The van der Waals surface area contributed by atoms with Crippen molar-refractivity contribution in [3.05, 3.63) is 28.8 Å². The van der Waals surface area contributed by atoms with Crippen LogP contribution in [0.15, 0.2) is 23.1 Å². The van der Waals surface area contributed by atoms with Gasteiger partial charge in [-0.2, -0.15) is 0 Å². The van der Waals surface area contributed by atoms with E-state index in [9.17, 15) is 4.79 Å². The second-order valence-corrected chi connectivity index (χ2v) is 4.62. The molecule has 0 radical (unpaired) electrons. The van der Waals surface area contributed by atoms with Gasteiger partial charge in [0.05, 0.1) is 0 Å². The van der Waals surface area contributed by atoms with Gasteiger partial charge in [-0.1, -0.05) is 23.4 Å². The van der Waals surface area contributed by atoms with Gasteiger partial charge < -0.3 is 5.11 Å². The van der Waals surface area contributed by atoms with Crippen molar-refractivity contribution in [2.75, 3.05) is 7.05 Å². The highest BCUT2D eigenvalue weighted by Crippen LogP contribution is 2.26. The quantitative estimate of drug-likeness (QED) is 0.632. The largest absolute Gasteiger partial charge is 0.479 e. The van der Waals surface area contributed by atoms with Crippen LogP contribution >= 0.6 is 23.4 Å². The summed E-state index contributed by atoms with van der Waals surface area (Å²) >= 11 is 7.12. The molecular formula is C10H12ClNO2S. The number of benzene rings is 1. The fourth-order valence-corrected chi connectivity index (χ4v) is 2.06. The summed E-state index contributed by atoms with van der Waals surface area (Å²) in [4.78, 5) is 11.7. The van der Waals surface area contributed by atoms with E-state index in [0.29, 0.717) is 5.02 Å². The van der Waals surface area contributed by atoms with E-state index >= 15 is 0 Å². The molecule has 1 atom stereocenters. The number of aliphatic carboxylic acids is 1. The van der Waals surface area contributed by atoms with Crippen molar-refractivity contribution < 1.29 is 9.90 Å². The van der Waals surface area contributed by atoms with E-state index in [1.54, 1.807) is 13.1 Å². The maximum absolute atomic E-state index is 10.8. The van der Waals surface area contributed by atoms with Crippen LogP contribution < -0.4 is 5.32 Å². The smallest absolute Gasteiger partial charge is 0.331 e. The van der Waals surface area contributed by atoms with Crippen molar-refractivity contribution in [1.29, 1.82) is 0 Å². The minimum absolute atomic E-state index is 0.634. The maximum atomic E-state index is 10.8. The van der Waals surface area contributed by atoms with Gasteiger partial charge >= 0.3 is 5.97 Å². The summed E-state index contributed by atoms with van der Waals surface area (Å²) in [5.41, 5.74) is 0.946. The molecule has 0 saturated carbocycles. The van der Waals surface area contributed by atoms with Gasteiger partial charge in [0.1, 0.15) is 0 Å². The first kappa shape index (κ1) is 12.4. The maximum Gasteiger partial charge on any atom is 0.331 e. The number of nitrogens with one attached hydrogen (secondary N) is 1. The zero-order chi connectivity index (χ0) is 11.4. The fraction of sp³-hybridized carbons (Fsp3) is 0.300. The van der Waals surface area contributed by atoms with Crippen molar-refractivity contribution >= 4 is 29.3 Å². The highest BCUT2D eigenvalue weighted by atomic mass is 35.5. The van der Waals surface area contributed by atoms with E-state index in [2.05, 4.69) is 5.32 Å². The predicted octanol–water partition coefficient (Wildman–Crippen LogP) is 2.37. The van der Waals surface area contributed by atoms with Crippen LogP contribution in [0.4, 0.5) is 0 Å².